The Labute approximate surface area is 152 Å². The molecule has 134 valence electrons. The van der Waals surface area contributed by atoms with Crippen LogP contribution in [-0.4, -0.2) is 61.3 Å². The van der Waals surface area contributed by atoms with Crippen molar-refractivity contribution >= 4 is 33.3 Å². The molecule has 0 saturated carbocycles. The van der Waals surface area contributed by atoms with Crippen LogP contribution >= 0.6 is 11.3 Å². The largest absolute Gasteiger partial charge is 0.381 e. The van der Waals surface area contributed by atoms with Crippen LogP contribution in [0.3, 0.4) is 0 Å². The van der Waals surface area contributed by atoms with Gasteiger partial charge in [0, 0.05) is 44.6 Å². The molecular formula is C18H25N5OS. The minimum atomic E-state index is 0.298. The van der Waals surface area contributed by atoms with Crippen LogP contribution in [0.2, 0.25) is 0 Å². The minimum absolute atomic E-state index is 0.298. The molecular weight excluding hydrogens is 334 g/mol. The number of methoxy groups -OCH3 is 1. The van der Waals surface area contributed by atoms with Crippen LogP contribution in [0.5, 0.6) is 0 Å². The van der Waals surface area contributed by atoms with Crippen molar-refractivity contribution < 1.29 is 4.74 Å². The lowest BCUT2D eigenvalue weighted by Gasteiger charge is -2.21. The molecule has 3 atom stereocenters. The van der Waals surface area contributed by atoms with Crippen LogP contribution < -0.4 is 10.6 Å². The fourth-order valence-electron chi connectivity index (χ4n) is 4.92. The van der Waals surface area contributed by atoms with Gasteiger partial charge in [-0.05, 0) is 37.3 Å². The quantitative estimate of drug-likeness (QED) is 0.882. The molecule has 7 heteroatoms. The molecule has 3 aliphatic rings. The Hall–Kier alpha value is -1.44. The second-order valence-electron chi connectivity index (χ2n) is 7.83. The van der Waals surface area contributed by atoms with Gasteiger partial charge >= 0.3 is 0 Å². The van der Waals surface area contributed by atoms with E-state index in [0.717, 1.165) is 55.5 Å². The van der Waals surface area contributed by atoms with Gasteiger partial charge in [-0.2, -0.15) is 4.98 Å². The summed E-state index contributed by atoms with van der Waals surface area (Å²) in [4.78, 5) is 15.6. The summed E-state index contributed by atoms with van der Waals surface area (Å²) in [5.41, 5.74) is 8.51. The van der Waals surface area contributed by atoms with Gasteiger partial charge in [0.05, 0.1) is 16.3 Å². The molecule has 0 bridgehead atoms. The van der Waals surface area contributed by atoms with Crippen molar-refractivity contribution in [3.63, 3.8) is 0 Å². The number of hydrogen-bond acceptors (Lipinski definition) is 7. The van der Waals surface area contributed by atoms with Gasteiger partial charge in [-0.1, -0.05) is 0 Å². The van der Waals surface area contributed by atoms with Gasteiger partial charge in [0.2, 0.25) is 5.95 Å². The number of thiophene rings is 1. The Morgan fingerprint density at radius 3 is 2.64 bits per heavy atom. The third-order valence-electron chi connectivity index (χ3n) is 6.14. The van der Waals surface area contributed by atoms with E-state index in [-0.39, 0.29) is 0 Å². The summed E-state index contributed by atoms with van der Waals surface area (Å²) in [6.45, 7) is 4.57. The molecule has 5 rings (SSSR count). The molecule has 0 aromatic carbocycles. The smallest absolute Gasteiger partial charge is 0.222 e. The van der Waals surface area contributed by atoms with Crippen molar-refractivity contribution in [3.05, 3.63) is 10.4 Å². The number of ether oxygens (including phenoxy) is 1. The SMILES string of the molecule is COC1CCc2sc3c(N4C[C@H]5CN(C)C[C@H]5C4)nc(N)nc3c2C1. The van der Waals surface area contributed by atoms with Crippen LogP contribution in [0.4, 0.5) is 11.8 Å². The van der Waals surface area contributed by atoms with E-state index in [0.29, 0.717) is 12.1 Å². The molecule has 2 fully saturated rings. The Bertz CT molecular complexity index is 807. The van der Waals surface area contributed by atoms with E-state index >= 15 is 0 Å². The lowest BCUT2D eigenvalue weighted by Crippen LogP contribution is -2.27. The number of hydrogen-bond donors (Lipinski definition) is 1. The van der Waals surface area contributed by atoms with Crippen molar-refractivity contribution in [1.82, 2.24) is 14.9 Å². The molecule has 4 heterocycles. The first kappa shape index (κ1) is 15.8. The van der Waals surface area contributed by atoms with E-state index in [2.05, 4.69) is 26.8 Å². The highest BCUT2D eigenvalue weighted by atomic mass is 32.1. The highest BCUT2D eigenvalue weighted by molar-refractivity contribution is 7.19. The first-order valence-corrected chi connectivity index (χ1v) is 9.98. The Morgan fingerprint density at radius 2 is 1.92 bits per heavy atom. The second-order valence-corrected chi connectivity index (χ2v) is 8.94. The number of aryl methyl sites for hydroxylation is 1. The van der Waals surface area contributed by atoms with Gasteiger partial charge in [0.15, 0.2) is 5.82 Å². The molecule has 0 radical (unpaired) electrons. The highest BCUT2D eigenvalue weighted by Crippen LogP contribution is 2.42. The summed E-state index contributed by atoms with van der Waals surface area (Å²) in [6, 6.07) is 0. The second kappa shape index (κ2) is 5.79. The standard InChI is InChI=1S/C18H25N5OS/c1-22-6-10-8-23(9-11(10)7-22)17-16-15(20-18(19)21-17)13-5-12(24-2)3-4-14(13)25-16/h10-12H,3-9H2,1-2H3,(H2,19,20,21)/t10-,11+,12?. The van der Waals surface area contributed by atoms with Crippen LogP contribution in [0.15, 0.2) is 0 Å². The number of nitrogens with zero attached hydrogens (tertiary/aromatic N) is 4. The number of rotatable bonds is 2. The Kier molecular flexibility index (Phi) is 3.66. The summed E-state index contributed by atoms with van der Waals surface area (Å²) in [5.74, 6) is 2.97. The van der Waals surface area contributed by atoms with Crippen molar-refractivity contribution in [3.8, 4) is 0 Å². The predicted octanol–water partition coefficient (Wildman–Crippen LogP) is 1.78. The molecule has 6 nitrogen and oxygen atoms in total. The van der Waals surface area contributed by atoms with Gasteiger partial charge in [0.1, 0.15) is 0 Å². The topological polar surface area (TPSA) is 67.5 Å². The summed E-state index contributed by atoms with van der Waals surface area (Å²) in [5, 5.41) is 0. The molecule has 2 N–H and O–H groups in total. The van der Waals surface area contributed by atoms with E-state index in [1.807, 2.05) is 11.3 Å². The first-order valence-electron chi connectivity index (χ1n) is 9.16. The summed E-state index contributed by atoms with van der Waals surface area (Å²) >= 11 is 1.87. The molecule has 2 aromatic heterocycles. The van der Waals surface area contributed by atoms with Crippen molar-refractivity contribution in [1.29, 1.82) is 0 Å². The maximum atomic E-state index is 6.11. The van der Waals surface area contributed by atoms with Crippen LogP contribution in [0, 0.1) is 11.8 Å². The molecule has 2 aliphatic heterocycles. The van der Waals surface area contributed by atoms with Crippen molar-refractivity contribution in [2.24, 2.45) is 11.8 Å². The number of nitrogen functional groups attached to an aromatic ring is 1. The fraction of sp³-hybridized carbons (Fsp3) is 0.667. The predicted molar refractivity (Wildman–Crippen MR) is 101 cm³/mol. The monoisotopic (exact) mass is 359 g/mol. The lowest BCUT2D eigenvalue weighted by atomic mass is 9.95. The molecule has 0 spiro atoms. The number of nitrogens with two attached hydrogens (primary N) is 1. The molecule has 25 heavy (non-hydrogen) atoms. The van der Waals surface area contributed by atoms with E-state index in [1.54, 1.807) is 7.11 Å². The van der Waals surface area contributed by atoms with Crippen LogP contribution in [0.25, 0.3) is 10.2 Å². The van der Waals surface area contributed by atoms with E-state index < -0.39 is 0 Å². The van der Waals surface area contributed by atoms with Gasteiger partial charge in [-0.3, -0.25) is 0 Å². The summed E-state index contributed by atoms with van der Waals surface area (Å²) in [6.07, 6.45) is 3.41. The minimum Gasteiger partial charge on any atom is -0.381 e. The number of fused-ring (bicyclic) bond motifs is 4. The molecule has 2 saturated heterocycles. The lowest BCUT2D eigenvalue weighted by molar-refractivity contribution is 0.0919. The van der Waals surface area contributed by atoms with E-state index in [9.17, 15) is 0 Å². The third kappa shape index (κ3) is 2.52. The maximum absolute atomic E-state index is 6.11. The number of anilines is 2. The summed E-state index contributed by atoms with van der Waals surface area (Å²) < 4.78 is 6.83. The van der Waals surface area contributed by atoms with Gasteiger partial charge in [-0.15, -0.1) is 11.3 Å². The Morgan fingerprint density at radius 1 is 1.16 bits per heavy atom. The zero-order valence-electron chi connectivity index (χ0n) is 14.9. The van der Waals surface area contributed by atoms with Gasteiger partial charge in [-0.25, -0.2) is 4.98 Å². The van der Waals surface area contributed by atoms with E-state index in [4.69, 9.17) is 10.5 Å². The average Bonchev–Trinajstić information content (AvgIpc) is 3.24. The highest BCUT2D eigenvalue weighted by Gasteiger charge is 2.40. The zero-order valence-corrected chi connectivity index (χ0v) is 15.7. The first-order chi connectivity index (χ1) is 12.1. The fourth-order valence-corrected chi connectivity index (χ4v) is 6.22. The maximum Gasteiger partial charge on any atom is 0.222 e. The molecule has 1 aliphatic carbocycles. The number of aromatic nitrogens is 2. The van der Waals surface area contributed by atoms with Gasteiger partial charge < -0.3 is 20.3 Å². The Balaban J connectivity index is 1.55. The molecule has 1 unspecified atom stereocenters. The third-order valence-corrected chi connectivity index (χ3v) is 7.42. The normalized spacial score (nSPS) is 29.4. The van der Waals surface area contributed by atoms with Crippen molar-refractivity contribution in [2.75, 3.05) is 51.0 Å². The zero-order chi connectivity index (χ0) is 17.1. The van der Waals surface area contributed by atoms with E-state index in [1.165, 1.54) is 28.2 Å². The average molecular weight is 359 g/mol. The van der Waals surface area contributed by atoms with Crippen LogP contribution in [-0.2, 0) is 17.6 Å². The van der Waals surface area contributed by atoms with Crippen LogP contribution in [0.1, 0.15) is 16.9 Å². The van der Waals surface area contributed by atoms with Gasteiger partial charge in [0.25, 0.3) is 0 Å². The van der Waals surface area contributed by atoms with Crippen molar-refractivity contribution in [2.45, 2.75) is 25.4 Å². The molecule has 2 aromatic rings. The summed E-state index contributed by atoms with van der Waals surface area (Å²) in [7, 11) is 4.03. The molecule has 0 amide bonds. The number of likely N-dealkylation sites (tertiary alicyclic amines) is 1.